The Bertz CT molecular complexity index is 2090. The molecule has 5 heterocycles. The number of aliphatic hydroxyl groups is 1. The van der Waals surface area contributed by atoms with Crippen molar-refractivity contribution in [2.75, 3.05) is 34.4 Å². The van der Waals surface area contributed by atoms with Crippen LogP contribution in [0.25, 0.3) is 11.4 Å². The molecule has 2 aromatic heterocycles. The van der Waals surface area contributed by atoms with Crippen molar-refractivity contribution in [3.8, 4) is 11.4 Å². The number of methoxy groups -OCH3 is 1. The second-order valence-corrected chi connectivity index (χ2v) is 19.0. The molecular formula is C49H70N6O11. The van der Waals surface area contributed by atoms with E-state index in [0.717, 1.165) is 5.56 Å². The summed E-state index contributed by atoms with van der Waals surface area (Å²) in [6.07, 6.45) is -0.103. The Kier molecular flexibility index (Phi) is 16.9. The van der Waals surface area contributed by atoms with Gasteiger partial charge in [0.25, 0.3) is 0 Å². The summed E-state index contributed by atoms with van der Waals surface area (Å²) in [7, 11) is 5.22. The number of pyridine rings is 1. The van der Waals surface area contributed by atoms with E-state index in [1.807, 2.05) is 80.6 Å². The van der Waals surface area contributed by atoms with Crippen LogP contribution in [0.15, 0.2) is 60.9 Å². The maximum absolute atomic E-state index is 14.9. The zero-order valence-corrected chi connectivity index (χ0v) is 40.2. The fourth-order valence-corrected chi connectivity index (χ4v) is 10.2. The van der Waals surface area contributed by atoms with Crippen molar-refractivity contribution in [1.82, 2.24) is 29.8 Å². The van der Waals surface area contributed by atoms with E-state index in [-0.39, 0.29) is 31.8 Å². The predicted octanol–water partition coefficient (Wildman–Crippen LogP) is 5.52. The van der Waals surface area contributed by atoms with E-state index in [9.17, 15) is 24.3 Å². The molecule has 0 bridgehead atoms. The number of carbonyl (C=O) groups is 4. The number of amides is 1. The molecule has 0 saturated carbocycles. The average molecular weight is 919 g/mol. The molecule has 3 fully saturated rings. The van der Waals surface area contributed by atoms with Gasteiger partial charge in [-0.3, -0.25) is 24.0 Å². The first-order valence-electron chi connectivity index (χ1n) is 23.3. The van der Waals surface area contributed by atoms with Gasteiger partial charge in [-0.2, -0.15) is 0 Å². The first-order valence-corrected chi connectivity index (χ1v) is 23.3. The number of nitrogens with zero attached hydrogens (tertiary/aromatic N) is 6. The van der Waals surface area contributed by atoms with Crippen LogP contribution in [0.3, 0.4) is 0 Å². The summed E-state index contributed by atoms with van der Waals surface area (Å²) < 4.78 is 39.7. The third-order valence-corrected chi connectivity index (χ3v) is 14.0. The minimum absolute atomic E-state index is 0.0885. The van der Waals surface area contributed by atoms with Crippen molar-refractivity contribution in [3.63, 3.8) is 0 Å². The molecule has 3 aromatic rings. The number of rotatable bonds is 15. The summed E-state index contributed by atoms with van der Waals surface area (Å²) in [4.78, 5) is 65.4. The van der Waals surface area contributed by atoms with Crippen LogP contribution in [0.4, 0.5) is 4.79 Å². The lowest BCUT2D eigenvalue weighted by Crippen LogP contribution is -2.60. The Morgan fingerprint density at radius 1 is 0.924 bits per heavy atom. The number of carbonyl (C=O) groups excluding carboxylic acids is 4. The summed E-state index contributed by atoms with van der Waals surface area (Å²) in [5, 5.41) is 20.3. The van der Waals surface area contributed by atoms with Crippen LogP contribution in [0.2, 0.25) is 0 Å². The molecule has 0 spiro atoms. The summed E-state index contributed by atoms with van der Waals surface area (Å²) in [6, 6.07) is 14.1. The van der Waals surface area contributed by atoms with Crippen molar-refractivity contribution in [2.45, 2.75) is 148 Å². The number of hydrogen-bond donors (Lipinski definition) is 1. The number of ether oxygens (including phenoxy) is 6. The van der Waals surface area contributed by atoms with Gasteiger partial charge in [0.15, 0.2) is 17.7 Å². The van der Waals surface area contributed by atoms with E-state index in [2.05, 4.69) is 15.3 Å². The second-order valence-electron chi connectivity index (χ2n) is 19.0. The molecule has 6 rings (SSSR count). The molecule has 362 valence electrons. The Morgan fingerprint density at radius 3 is 2.30 bits per heavy atom. The summed E-state index contributed by atoms with van der Waals surface area (Å²) in [5.41, 5.74) is -0.408. The molecule has 13 atom stereocenters. The Labute approximate surface area is 388 Å². The number of unbranched alkanes of at least 4 members (excludes halogenated alkanes) is 1. The Balaban J connectivity index is 1.25. The monoisotopic (exact) mass is 919 g/mol. The number of hydrogen-bond acceptors (Lipinski definition) is 15. The Hall–Kier alpha value is -4.65. The fourth-order valence-electron chi connectivity index (χ4n) is 10.2. The van der Waals surface area contributed by atoms with E-state index in [4.69, 9.17) is 28.4 Å². The Morgan fingerprint density at radius 2 is 1.64 bits per heavy atom. The topological polar surface area (TPSA) is 194 Å². The van der Waals surface area contributed by atoms with Crippen molar-refractivity contribution in [2.24, 2.45) is 23.7 Å². The maximum Gasteiger partial charge on any atom is 0.410 e. The van der Waals surface area contributed by atoms with Gasteiger partial charge >= 0.3 is 12.1 Å². The lowest BCUT2D eigenvalue weighted by molar-refractivity contribution is -0.302. The van der Waals surface area contributed by atoms with Crippen LogP contribution in [0.1, 0.15) is 86.1 Å². The average Bonchev–Trinajstić information content (AvgIpc) is 3.89. The van der Waals surface area contributed by atoms with Gasteiger partial charge < -0.3 is 43.3 Å². The molecule has 3 saturated heterocycles. The van der Waals surface area contributed by atoms with Gasteiger partial charge in [0.1, 0.15) is 29.6 Å². The van der Waals surface area contributed by atoms with Crippen LogP contribution >= 0.6 is 0 Å². The number of ketones is 2. The normalized spacial score (nSPS) is 33.6. The molecule has 66 heavy (non-hydrogen) atoms. The van der Waals surface area contributed by atoms with Gasteiger partial charge in [-0.25, -0.2) is 4.79 Å². The third kappa shape index (κ3) is 11.2. The summed E-state index contributed by atoms with van der Waals surface area (Å²) in [5.74, 6) is -5.22. The predicted molar refractivity (Wildman–Crippen MR) is 242 cm³/mol. The van der Waals surface area contributed by atoms with Gasteiger partial charge in [0.2, 0.25) is 0 Å². The molecule has 0 radical (unpaired) electrons. The fraction of sp³-hybridized carbons (Fsp3) is 0.653. The van der Waals surface area contributed by atoms with Gasteiger partial charge in [-0.1, -0.05) is 69.3 Å². The van der Waals surface area contributed by atoms with Gasteiger partial charge in [-0.15, -0.1) is 5.10 Å². The number of aromatic nitrogens is 4. The third-order valence-electron chi connectivity index (χ3n) is 14.0. The highest BCUT2D eigenvalue weighted by Gasteiger charge is 2.60. The quantitative estimate of drug-likeness (QED) is 0.114. The molecule has 3 aliphatic heterocycles. The highest BCUT2D eigenvalue weighted by Crippen LogP contribution is 2.43. The molecule has 17 heteroatoms. The number of cyclic esters (lactones) is 1. The van der Waals surface area contributed by atoms with E-state index < -0.39 is 95.5 Å². The minimum Gasteiger partial charge on any atom is -0.458 e. The smallest absolute Gasteiger partial charge is 0.410 e. The molecule has 1 aromatic carbocycles. The second kappa shape index (κ2) is 22.0. The first kappa shape index (κ1) is 50.8. The number of aryl methyl sites for hydroxylation is 1. The standard InChI is InChI=1S/C49H70N6O11/c1-11-39-49(7)43(55(47(60)66-49)24-18-17-23-54-27-37(51-52-54)36-21-15-16-22-50-36)31(3)40(56)30(2)26-48(6,61-10)44(32(4)41(57)33(5)45(59)64-39)65-46-42(58)38(53(8)9)25-35(63-46)29-62-28-34-19-13-12-14-20-34/h12-16,19-22,27,30-33,35,38-39,42-44,46,58H,11,17-18,23-26,28-29H2,1-10H3/t30-,31+,32+,33-,35+,38+,39-,42-,43-,44-,46+,48+,49-/m1/s1. The van der Waals surface area contributed by atoms with E-state index >= 15 is 0 Å². The minimum atomic E-state index is -1.44. The molecule has 1 amide bonds. The zero-order valence-electron chi connectivity index (χ0n) is 40.2. The van der Waals surface area contributed by atoms with E-state index in [1.54, 1.807) is 50.4 Å². The highest BCUT2D eigenvalue weighted by molar-refractivity contribution is 6.00. The van der Waals surface area contributed by atoms with Gasteiger partial charge in [-0.05, 0) is 84.7 Å². The molecule has 0 aliphatic carbocycles. The molecule has 0 unspecified atom stereocenters. The number of aliphatic hydroxyl groups excluding tert-OH is 1. The maximum atomic E-state index is 14.9. The van der Waals surface area contributed by atoms with Crippen LogP contribution < -0.4 is 0 Å². The number of Topliss-reactive ketones (excluding diaryl/α,β-unsaturated/α-hetero) is 2. The lowest BCUT2D eigenvalue weighted by atomic mass is 9.73. The SMILES string of the molecule is CC[C@H]1OC(=O)[C@H](C)C(=O)[C@H](C)[C@@H](O[C@@H]2O[C@H](COCc3ccccc3)C[C@H](N(C)C)[C@H]2O)[C@@](C)(OC)C[C@@H](C)C(=O)[C@H](C)[C@H]2N(CCCCn3cc(-c4ccccn4)nn3)C(=O)O[C@]12C. The van der Waals surface area contributed by atoms with Crippen LogP contribution in [0.5, 0.6) is 0 Å². The number of likely N-dealkylation sites (N-methyl/N-ethyl adjacent to an activating group) is 1. The summed E-state index contributed by atoms with van der Waals surface area (Å²) in [6.45, 7) is 13.4. The van der Waals surface area contributed by atoms with Crippen molar-refractivity contribution in [3.05, 3.63) is 66.5 Å². The lowest BCUT2D eigenvalue weighted by Gasteiger charge is -2.47. The number of fused-ring (bicyclic) bond motifs is 1. The zero-order chi connectivity index (χ0) is 47.9. The number of esters is 1. The van der Waals surface area contributed by atoms with Crippen molar-refractivity contribution < 1.29 is 52.7 Å². The van der Waals surface area contributed by atoms with E-state index in [1.165, 1.54) is 14.0 Å². The largest absolute Gasteiger partial charge is 0.458 e. The first-order chi connectivity index (χ1) is 31.4. The van der Waals surface area contributed by atoms with E-state index in [0.29, 0.717) is 43.8 Å². The number of benzene rings is 1. The van der Waals surface area contributed by atoms with Crippen molar-refractivity contribution >= 4 is 23.6 Å². The summed E-state index contributed by atoms with van der Waals surface area (Å²) >= 11 is 0. The molecule has 17 nitrogen and oxygen atoms in total. The van der Waals surface area contributed by atoms with Crippen LogP contribution in [-0.2, 0) is 56.0 Å². The van der Waals surface area contributed by atoms with Crippen molar-refractivity contribution in [1.29, 1.82) is 0 Å². The van der Waals surface area contributed by atoms with Crippen LogP contribution in [0, 0.1) is 23.7 Å². The van der Waals surface area contributed by atoms with Crippen LogP contribution in [-0.4, -0.2) is 147 Å². The molecular weight excluding hydrogens is 849 g/mol. The molecule has 1 N–H and O–H groups in total. The molecule has 3 aliphatic rings. The van der Waals surface area contributed by atoms with Gasteiger partial charge in [0.05, 0.1) is 49.0 Å². The highest BCUT2D eigenvalue weighted by atomic mass is 16.7. The van der Waals surface area contributed by atoms with Gasteiger partial charge in [0, 0.05) is 50.2 Å².